The van der Waals surface area contributed by atoms with Gasteiger partial charge in [0.2, 0.25) is 0 Å². The van der Waals surface area contributed by atoms with E-state index >= 15 is 0 Å². The van der Waals surface area contributed by atoms with Crippen LogP contribution >= 0.6 is 0 Å². The van der Waals surface area contributed by atoms with Gasteiger partial charge in [-0.3, -0.25) is 4.90 Å². The summed E-state index contributed by atoms with van der Waals surface area (Å²) in [5.41, 5.74) is 1.41. The lowest BCUT2D eigenvalue weighted by atomic mass is 9.91. The van der Waals surface area contributed by atoms with Gasteiger partial charge in [0, 0.05) is 31.2 Å². The van der Waals surface area contributed by atoms with Crippen LogP contribution < -0.4 is 5.32 Å². The lowest BCUT2D eigenvalue weighted by Crippen LogP contribution is -2.58. The highest BCUT2D eigenvalue weighted by Gasteiger charge is 2.34. The molecule has 1 aromatic carbocycles. The summed E-state index contributed by atoms with van der Waals surface area (Å²) < 4.78 is 0. The Labute approximate surface area is 124 Å². The van der Waals surface area contributed by atoms with Gasteiger partial charge in [-0.2, -0.15) is 0 Å². The van der Waals surface area contributed by atoms with Gasteiger partial charge in [-0.05, 0) is 24.3 Å². The number of rotatable bonds is 4. The van der Waals surface area contributed by atoms with Crippen LogP contribution in [-0.2, 0) is 0 Å². The minimum atomic E-state index is 0.465. The fourth-order valence-corrected chi connectivity index (χ4v) is 3.17. The van der Waals surface area contributed by atoms with Crippen molar-refractivity contribution < 1.29 is 0 Å². The van der Waals surface area contributed by atoms with E-state index in [4.69, 9.17) is 0 Å². The molecule has 1 N–H and O–H groups in total. The van der Waals surface area contributed by atoms with Crippen molar-refractivity contribution in [2.24, 2.45) is 11.8 Å². The van der Waals surface area contributed by atoms with Crippen molar-refractivity contribution in [3.63, 3.8) is 0 Å². The molecule has 2 nitrogen and oxygen atoms in total. The molecular formula is C18H30N2. The highest BCUT2D eigenvalue weighted by atomic mass is 15.3. The van der Waals surface area contributed by atoms with Crippen molar-refractivity contribution in [3.05, 3.63) is 35.9 Å². The van der Waals surface area contributed by atoms with Crippen LogP contribution in [0.1, 0.15) is 46.2 Å². The number of benzene rings is 1. The molecule has 1 aromatic rings. The van der Waals surface area contributed by atoms with E-state index in [0.717, 1.165) is 13.1 Å². The molecule has 2 heteroatoms. The van der Waals surface area contributed by atoms with Gasteiger partial charge in [-0.1, -0.05) is 58.0 Å². The molecule has 1 fully saturated rings. The van der Waals surface area contributed by atoms with Crippen LogP contribution in [0.5, 0.6) is 0 Å². The smallest absolute Gasteiger partial charge is 0.0450 e. The van der Waals surface area contributed by atoms with Gasteiger partial charge in [0.15, 0.2) is 0 Å². The molecule has 0 amide bonds. The molecule has 1 aliphatic rings. The Morgan fingerprint density at radius 3 is 2.25 bits per heavy atom. The zero-order chi connectivity index (χ0) is 14.7. The van der Waals surface area contributed by atoms with Gasteiger partial charge in [0.25, 0.3) is 0 Å². The molecule has 1 saturated heterocycles. The summed E-state index contributed by atoms with van der Waals surface area (Å²) in [5.74, 6) is 1.39. The van der Waals surface area contributed by atoms with E-state index in [1.807, 2.05) is 0 Å². The second-order valence-corrected chi connectivity index (χ2v) is 6.86. The quantitative estimate of drug-likeness (QED) is 0.900. The maximum atomic E-state index is 3.75. The number of hydrogen-bond acceptors (Lipinski definition) is 2. The fourth-order valence-electron chi connectivity index (χ4n) is 3.17. The number of hydrogen-bond donors (Lipinski definition) is 1. The van der Waals surface area contributed by atoms with Gasteiger partial charge in [-0.15, -0.1) is 0 Å². The van der Waals surface area contributed by atoms with Crippen LogP contribution in [0.2, 0.25) is 0 Å². The van der Waals surface area contributed by atoms with E-state index in [2.05, 4.69) is 75.2 Å². The molecule has 0 spiro atoms. The van der Waals surface area contributed by atoms with Crippen molar-refractivity contribution >= 4 is 0 Å². The van der Waals surface area contributed by atoms with E-state index in [9.17, 15) is 0 Å². The zero-order valence-corrected chi connectivity index (χ0v) is 13.6. The topological polar surface area (TPSA) is 15.3 Å². The predicted octanol–water partition coefficient (Wildman–Crippen LogP) is 3.70. The Kier molecular flexibility index (Phi) is 5.22. The first-order chi connectivity index (χ1) is 9.50. The monoisotopic (exact) mass is 274 g/mol. The van der Waals surface area contributed by atoms with Gasteiger partial charge < -0.3 is 5.32 Å². The van der Waals surface area contributed by atoms with Gasteiger partial charge >= 0.3 is 0 Å². The number of piperazine rings is 1. The lowest BCUT2D eigenvalue weighted by Gasteiger charge is -2.46. The summed E-state index contributed by atoms with van der Waals surface area (Å²) in [6.45, 7) is 13.9. The van der Waals surface area contributed by atoms with Gasteiger partial charge in [0.1, 0.15) is 0 Å². The zero-order valence-electron chi connectivity index (χ0n) is 13.6. The summed E-state index contributed by atoms with van der Waals surface area (Å²) in [5, 5.41) is 3.75. The minimum Gasteiger partial charge on any atom is -0.307 e. The Hall–Kier alpha value is -0.860. The third kappa shape index (κ3) is 3.42. The molecule has 1 heterocycles. The van der Waals surface area contributed by atoms with E-state index in [-0.39, 0.29) is 0 Å². The normalized spacial score (nSPS) is 26.1. The molecule has 0 aliphatic carbocycles. The van der Waals surface area contributed by atoms with E-state index in [1.54, 1.807) is 0 Å². The molecule has 3 atom stereocenters. The van der Waals surface area contributed by atoms with E-state index < -0.39 is 0 Å². The Morgan fingerprint density at radius 1 is 1.05 bits per heavy atom. The van der Waals surface area contributed by atoms with E-state index in [1.165, 1.54) is 5.56 Å². The molecule has 1 aliphatic heterocycles. The molecule has 20 heavy (non-hydrogen) atoms. The molecule has 0 bridgehead atoms. The standard InChI is InChI=1S/C18H30N2/c1-13(2)15(5)20-12-17(16-9-7-6-8-10-16)19-11-18(20)14(3)4/h6-10,13-15,17-19H,11-12H2,1-5H3. The molecule has 2 rings (SSSR count). The van der Waals surface area contributed by atoms with Crippen molar-refractivity contribution in [1.82, 2.24) is 10.2 Å². The summed E-state index contributed by atoms with van der Waals surface area (Å²) in [6.07, 6.45) is 0. The lowest BCUT2D eigenvalue weighted by molar-refractivity contribution is 0.0436. The third-order valence-electron chi connectivity index (χ3n) is 4.85. The minimum absolute atomic E-state index is 0.465. The first kappa shape index (κ1) is 15.5. The second kappa shape index (κ2) is 6.73. The second-order valence-electron chi connectivity index (χ2n) is 6.86. The highest BCUT2D eigenvalue weighted by molar-refractivity contribution is 5.20. The van der Waals surface area contributed by atoms with Crippen molar-refractivity contribution in [2.45, 2.75) is 52.7 Å². The molecule has 112 valence electrons. The van der Waals surface area contributed by atoms with Crippen LogP contribution in [0.15, 0.2) is 30.3 Å². The maximum absolute atomic E-state index is 3.75. The average Bonchev–Trinajstić information content (AvgIpc) is 2.46. The number of nitrogens with zero attached hydrogens (tertiary/aromatic N) is 1. The van der Waals surface area contributed by atoms with Crippen molar-refractivity contribution in [1.29, 1.82) is 0 Å². The van der Waals surface area contributed by atoms with Crippen molar-refractivity contribution in [3.8, 4) is 0 Å². The van der Waals surface area contributed by atoms with Crippen LogP contribution in [0, 0.1) is 11.8 Å². The largest absolute Gasteiger partial charge is 0.307 e. The first-order valence-electron chi connectivity index (χ1n) is 8.04. The van der Waals surface area contributed by atoms with Gasteiger partial charge in [-0.25, -0.2) is 0 Å². The van der Waals surface area contributed by atoms with E-state index in [0.29, 0.717) is 30.0 Å². The summed E-state index contributed by atoms with van der Waals surface area (Å²) >= 11 is 0. The van der Waals surface area contributed by atoms with Gasteiger partial charge in [0.05, 0.1) is 0 Å². The third-order valence-corrected chi connectivity index (χ3v) is 4.85. The first-order valence-corrected chi connectivity index (χ1v) is 8.04. The molecule has 0 saturated carbocycles. The summed E-state index contributed by atoms with van der Waals surface area (Å²) in [6, 6.07) is 12.6. The number of nitrogens with one attached hydrogen (secondary N) is 1. The summed E-state index contributed by atoms with van der Waals surface area (Å²) in [7, 11) is 0. The summed E-state index contributed by atoms with van der Waals surface area (Å²) in [4.78, 5) is 2.73. The van der Waals surface area contributed by atoms with Crippen LogP contribution in [-0.4, -0.2) is 30.1 Å². The Morgan fingerprint density at radius 2 is 1.70 bits per heavy atom. The van der Waals surface area contributed by atoms with Crippen LogP contribution in [0.3, 0.4) is 0 Å². The molecule has 3 unspecified atom stereocenters. The van der Waals surface area contributed by atoms with Crippen LogP contribution in [0.4, 0.5) is 0 Å². The molecule has 0 radical (unpaired) electrons. The average molecular weight is 274 g/mol. The fraction of sp³-hybridized carbons (Fsp3) is 0.667. The molecule has 0 aromatic heterocycles. The maximum Gasteiger partial charge on any atom is 0.0450 e. The van der Waals surface area contributed by atoms with Crippen LogP contribution in [0.25, 0.3) is 0 Å². The van der Waals surface area contributed by atoms with Crippen molar-refractivity contribution in [2.75, 3.05) is 13.1 Å². The predicted molar refractivity (Wildman–Crippen MR) is 86.8 cm³/mol. The highest BCUT2D eigenvalue weighted by Crippen LogP contribution is 2.27. The molecular weight excluding hydrogens is 244 g/mol. The Bertz CT molecular complexity index is 399. The SMILES string of the molecule is CC(C)C(C)N1CC(c2ccccc2)NCC1C(C)C. The Balaban J connectivity index is 2.15.